The van der Waals surface area contributed by atoms with E-state index in [1.54, 1.807) is 12.1 Å². The van der Waals surface area contributed by atoms with Crippen molar-refractivity contribution in [2.45, 2.75) is 6.54 Å². The van der Waals surface area contributed by atoms with Crippen LogP contribution < -0.4 is 11.1 Å². The normalized spacial score (nSPS) is 10.2. The van der Waals surface area contributed by atoms with Gasteiger partial charge in [-0.3, -0.25) is 4.79 Å². The highest BCUT2D eigenvalue weighted by atomic mass is 35.5. The van der Waals surface area contributed by atoms with Gasteiger partial charge < -0.3 is 16.2 Å². The van der Waals surface area contributed by atoms with Crippen LogP contribution in [0.3, 0.4) is 0 Å². The summed E-state index contributed by atoms with van der Waals surface area (Å²) in [6.07, 6.45) is 0. The minimum Gasteiger partial charge on any atom is -0.508 e. The molecule has 0 bridgehead atoms. The van der Waals surface area contributed by atoms with Crippen molar-refractivity contribution in [1.82, 2.24) is 0 Å². The Labute approximate surface area is 115 Å². The smallest absolute Gasteiger partial charge is 0.257 e. The summed E-state index contributed by atoms with van der Waals surface area (Å²) in [4.78, 5) is 12.1. The SMILES string of the molecule is NCc1ccccc1NC(=O)c1cc(O)ccc1Cl. The van der Waals surface area contributed by atoms with Crippen LogP contribution in [0.25, 0.3) is 0 Å². The Morgan fingerprint density at radius 3 is 2.74 bits per heavy atom. The van der Waals surface area contributed by atoms with E-state index in [4.69, 9.17) is 17.3 Å². The van der Waals surface area contributed by atoms with Gasteiger partial charge in [-0.1, -0.05) is 29.8 Å². The van der Waals surface area contributed by atoms with Crippen molar-refractivity contribution in [3.8, 4) is 5.75 Å². The Balaban J connectivity index is 2.28. The molecule has 0 unspecified atom stereocenters. The summed E-state index contributed by atoms with van der Waals surface area (Å²) in [6, 6.07) is 11.5. The van der Waals surface area contributed by atoms with E-state index < -0.39 is 0 Å². The quantitative estimate of drug-likeness (QED) is 0.807. The molecule has 0 aromatic heterocycles. The fourth-order valence-electron chi connectivity index (χ4n) is 1.70. The van der Waals surface area contributed by atoms with Gasteiger partial charge in [0.2, 0.25) is 0 Å². The lowest BCUT2D eigenvalue weighted by atomic mass is 10.1. The first-order chi connectivity index (χ1) is 9.11. The summed E-state index contributed by atoms with van der Waals surface area (Å²) >= 11 is 5.93. The molecule has 0 aliphatic carbocycles. The van der Waals surface area contributed by atoms with Crippen LogP contribution in [0.1, 0.15) is 15.9 Å². The van der Waals surface area contributed by atoms with E-state index in [9.17, 15) is 9.90 Å². The van der Waals surface area contributed by atoms with Crippen molar-refractivity contribution in [2.24, 2.45) is 5.73 Å². The number of para-hydroxylation sites is 1. The van der Waals surface area contributed by atoms with Crippen LogP contribution in [0.4, 0.5) is 5.69 Å². The summed E-state index contributed by atoms with van der Waals surface area (Å²) in [5.74, 6) is -0.400. The van der Waals surface area contributed by atoms with E-state index in [0.717, 1.165) is 5.56 Å². The van der Waals surface area contributed by atoms with Crippen LogP contribution in [-0.2, 0) is 6.54 Å². The molecule has 5 heteroatoms. The molecule has 0 spiro atoms. The van der Waals surface area contributed by atoms with E-state index in [-0.39, 0.29) is 22.2 Å². The topological polar surface area (TPSA) is 75.3 Å². The number of halogens is 1. The number of nitrogens with two attached hydrogens (primary N) is 1. The molecule has 4 N–H and O–H groups in total. The van der Waals surface area contributed by atoms with Gasteiger partial charge in [-0.05, 0) is 29.8 Å². The minimum absolute atomic E-state index is 0.0124. The average molecular weight is 277 g/mol. The number of hydrogen-bond acceptors (Lipinski definition) is 3. The van der Waals surface area contributed by atoms with Crippen molar-refractivity contribution < 1.29 is 9.90 Å². The molecule has 0 atom stereocenters. The molecule has 0 aliphatic rings. The highest BCUT2D eigenvalue weighted by Gasteiger charge is 2.12. The van der Waals surface area contributed by atoms with Gasteiger partial charge in [-0.2, -0.15) is 0 Å². The molecule has 4 nitrogen and oxygen atoms in total. The molecule has 1 amide bonds. The van der Waals surface area contributed by atoms with Crippen LogP contribution in [0, 0.1) is 0 Å². The highest BCUT2D eigenvalue weighted by molar-refractivity contribution is 6.34. The number of amides is 1. The second kappa shape index (κ2) is 5.73. The summed E-state index contributed by atoms with van der Waals surface area (Å²) in [6.45, 7) is 0.324. The Bertz CT molecular complexity index is 614. The molecule has 2 rings (SSSR count). The van der Waals surface area contributed by atoms with Crippen LogP contribution in [0.2, 0.25) is 5.02 Å². The number of phenols is 1. The predicted octanol–water partition coefficient (Wildman–Crippen LogP) is 2.76. The molecule has 0 heterocycles. The number of phenolic OH excluding ortho intramolecular Hbond substituents is 1. The summed E-state index contributed by atoms with van der Waals surface area (Å²) in [5, 5.41) is 12.4. The van der Waals surface area contributed by atoms with E-state index >= 15 is 0 Å². The van der Waals surface area contributed by atoms with Gasteiger partial charge in [-0.15, -0.1) is 0 Å². The van der Waals surface area contributed by atoms with Gasteiger partial charge in [0.25, 0.3) is 5.91 Å². The molecule has 0 saturated heterocycles. The second-order valence-electron chi connectivity index (χ2n) is 3.98. The third-order valence-corrected chi connectivity index (χ3v) is 3.01. The zero-order chi connectivity index (χ0) is 13.8. The van der Waals surface area contributed by atoms with Crippen molar-refractivity contribution in [3.05, 3.63) is 58.6 Å². The number of carbonyl (C=O) groups excluding carboxylic acids is 1. The number of aromatic hydroxyl groups is 1. The van der Waals surface area contributed by atoms with Crippen molar-refractivity contribution in [1.29, 1.82) is 0 Å². The standard InChI is InChI=1S/C14H13ClN2O2/c15-12-6-5-10(18)7-11(12)14(19)17-13-4-2-1-3-9(13)8-16/h1-7,18H,8,16H2,(H,17,19). The molecular weight excluding hydrogens is 264 g/mol. The van der Waals surface area contributed by atoms with Gasteiger partial charge in [0, 0.05) is 12.2 Å². The molecule has 0 fully saturated rings. The monoisotopic (exact) mass is 276 g/mol. The first-order valence-corrected chi connectivity index (χ1v) is 6.07. The maximum atomic E-state index is 12.1. The van der Waals surface area contributed by atoms with E-state index in [1.165, 1.54) is 18.2 Å². The lowest BCUT2D eigenvalue weighted by Gasteiger charge is -2.10. The zero-order valence-electron chi connectivity index (χ0n) is 10.1. The maximum absolute atomic E-state index is 12.1. The molecule has 0 saturated carbocycles. The number of carbonyl (C=O) groups is 1. The predicted molar refractivity (Wildman–Crippen MR) is 75.4 cm³/mol. The van der Waals surface area contributed by atoms with Gasteiger partial charge in [0.05, 0.1) is 10.6 Å². The Morgan fingerprint density at radius 2 is 2.00 bits per heavy atom. The largest absolute Gasteiger partial charge is 0.508 e. The molecule has 2 aromatic carbocycles. The van der Waals surface area contributed by atoms with E-state index in [2.05, 4.69) is 5.32 Å². The molecule has 2 aromatic rings. The molecule has 0 radical (unpaired) electrons. The summed E-state index contributed by atoms with van der Waals surface area (Å²) in [5.41, 5.74) is 7.28. The van der Waals surface area contributed by atoms with Gasteiger partial charge >= 0.3 is 0 Å². The summed E-state index contributed by atoms with van der Waals surface area (Å²) in [7, 11) is 0. The second-order valence-corrected chi connectivity index (χ2v) is 4.39. The average Bonchev–Trinajstić information content (AvgIpc) is 2.42. The first-order valence-electron chi connectivity index (χ1n) is 5.69. The molecule has 0 aliphatic heterocycles. The lowest BCUT2D eigenvalue weighted by Crippen LogP contribution is -2.14. The molecule has 19 heavy (non-hydrogen) atoms. The first kappa shape index (κ1) is 13.4. The Kier molecular flexibility index (Phi) is 4.04. The Morgan fingerprint density at radius 1 is 1.26 bits per heavy atom. The molecular formula is C14H13ClN2O2. The lowest BCUT2D eigenvalue weighted by molar-refractivity contribution is 0.102. The van der Waals surface area contributed by atoms with Crippen molar-refractivity contribution in [3.63, 3.8) is 0 Å². The number of benzene rings is 2. The van der Waals surface area contributed by atoms with Gasteiger partial charge in [0.1, 0.15) is 5.75 Å². The highest BCUT2D eigenvalue weighted by Crippen LogP contribution is 2.23. The number of anilines is 1. The van der Waals surface area contributed by atoms with Gasteiger partial charge in [0.15, 0.2) is 0 Å². The van der Waals surface area contributed by atoms with Crippen LogP contribution in [-0.4, -0.2) is 11.0 Å². The fourth-order valence-corrected chi connectivity index (χ4v) is 1.90. The van der Waals surface area contributed by atoms with E-state index in [1.807, 2.05) is 12.1 Å². The van der Waals surface area contributed by atoms with Crippen LogP contribution >= 0.6 is 11.6 Å². The number of rotatable bonds is 3. The summed E-state index contributed by atoms with van der Waals surface area (Å²) < 4.78 is 0. The van der Waals surface area contributed by atoms with Gasteiger partial charge in [-0.25, -0.2) is 0 Å². The minimum atomic E-state index is -0.387. The third kappa shape index (κ3) is 3.05. The fraction of sp³-hybridized carbons (Fsp3) is 0.0714. The number of hydrogen-bond donors (Lipinski definition) is 3. The maximum Gasteiger partial charge on any atom is 0.257 e. The van der Waals surface area contributed by atoms with Crippen molar-refractivity contribution in [2.75, 3.05) is 5.32 Å². The number of nitrogens with one attached hydrogen (secondary N) is 1. The van der Waals surface area contributed by atoms with Crippen molar-refractivity contribution >= 4 is 23.2 Å². The zero-order valence-corrected chi connectivity index (χ0v) is 10.8. The molecule has 98 valence electrons. The van der Waals surface area contributed by atoms with E-state index in [0.29, 0.717) is 12.2 Å². The van der Waals surface area contributed by atoms with Crippen LogP contribution in [0.15, 0.2) is 42.5 Å². The third-order valence-electron chi connectivity index (χ3n) is 2.68. The van der Waals surface area contributed by atoms with Crippen LogP contribution in [0.5, 0.6) is 5.75 Å². The Hall–Kier alpha value is -2.04.